The van der Waals surface area contributed by atoms with Crippen LogP contribution in [0.25, 0.3) is 0 Å². The van der Waals surface area contributed by atoms with Crippen LogP contribution >= 0.6 is 0 Å². The van der Waals surface area contributed by atoms with Gasteiger partial charge in [-0.2, -0.15) is 0 Å². The number of aromatic hydroxyl groups is 1. The van der Waals surface area contributed by atoms with Crippen molar-refractivity contribution in [2.75, 3.05) is 27.4 Å². The Balaban J connectivity index is 2.62. The quantitative estimate of drug-likeness (QED) is 0.679. The summed E-state index contributed by atoms with van der Waals surface area (Å²) >= 11 is 0. The van der Waals surface area contributed by atoms with Crippen LogP contribution in [0.2, 0.25) is 0 Å². The van der Waals surface area contributed by atoms with Gasteiger partial charge in [-0.25, -0.2) is 0 Å². The van der Waals surface area contributed by atoms with Gasteiger partial charge in [-0.15, -0.1) is 0 Å². The third-order valence-electron chi connectivity index (χ3n) is 2.72. The number of methoxy groups -OCH3 is 2. The zero-order chi connectivity index (χ0) is 13.5. The number of aliphatic hydroxyl groups is 1. The third kappa shape index (κ3) is 4.18. The molecule has 2 atom stereocenters. The lowest BCUT2D eigenvalue weighted by Crippen LogP contribution is -2.31. The van der Waals surface area contributed by atoms with E-state index in [1.807, 2.05) is 6.92 Å². The summed E-state index contributed by atoms with van der Waals surface area (Å²) in [5.74, 6) is 0.894. The molecule has 0 fully saturated rings. The second kappa shape index (κ2) is 7.20. The molecule has 18 heavy (non-hydrogen) atoms. The van der Waals surface area contributed by atoms with Crippen molar-refractivity contribution in [3.63, 3.8) is 0 Å². The van der Waals surface area contributed by atoms with Crippen LogP contribution in [0.1, 0.15) is 18.5 Å². The van der Waals surface area contributed by atoms with Crippen molar-refractivity contribution in [2.45, 2.75) is 19.1 Å². The summed E-state index contributed by atoms with van der Waals surface area (Å²) in [5, 5.41) is 22.5. The standard InChI is InChI=1S/C13H21NO4/c1-9(14-7-10(15)8-17-2)12-6-11(18-3)4-5-13(12)16/h4-6,9-10,14-16H,7-8H2,1-3H3. The van der Waals surface area contributed by atoms with Gasteiger partial charge in [0.2, 0.25) is 0 Å². The van der Waals surface area contributed by atoms with Crippen LogP contribution in [0.15, 0.2) is 18.2 Å². The van der Waals surface area contributed by atoms with E-state index < -0.39 is 6.10 Å². The minimum absolute atomic E-state index is 0.0911. The average Bonchev–Trinajstić information content (AvgIpc) is 2.37. The molecule has 102 valence electrons. The highest BCUT2D eigenvalue weighted by atomic mass is 16.5. The first-order valence-corrected chi connectivity index (χ1v) is 5.85. The fraction of sp³-hybridized carbons (Fsp3) is 0.538. The number of hydrogen-bond acceptors (Lipinski definition) is 5. The van der Waals surface area contributed by atoms with E-state index in [-0.39, 0.29) is 18.4 Å². The first-order valence-electron chi connectivity index (χ1n) is 5.85. The van der Waals surface area contributed by atoms with Crippen molar-refractivity contribution in [1.29, 1.82) is 0 Å². The van der Waals surface area contributed by atoms with Crippen LogP contribution in [-0.2, 0) is 4.74 Å². The zero-order valence-corrected chi connectivity index (χ0v) is 11.0. The maximum absolute atomic E-state index is 9.79. The summed E-state index contributed by atoms with van der Waals surface area (Å²) in [6.07, 6.45) is -0.565. The number of phenols is 1. The van der Waals surface area contributed by atoms with Gasteiger partial charge in [0.25, 0.3) is 0 Å². The topological polar surface area (TPSA) is 71.0 Å². The van der Waals surface area contributed by atoms with E-state index in [1.54, 1.807) is 32.4 Å². The van der Waals surface area contributed by atoms with E-state index in [9.17, 15) is 10.2 Å². The SMILES string of the molecule is COCC(O)CNC(C)c1cc(OC)ccc1O. The fourth-order valence-corrected chi connectivity index (χ4v) is 1.68. The van der Waals surface area contributed by atoms with E-state index in [1.165, 1.54) is 0 Å². The first kappa shape index (κ1) is 14.8. The Labute approximate surface area is 107 Å². The summed E-state index contributed by atoms with van der Waals surface area (Å²) in [7, 11) is 3.12. The molecule has 0 saturated heterocycles. The summed E-state index contributed by atoms with van der Waals surface area (Å²) in [5.41, 5.74) is 0.735. The van der Waals surface area contributed by atoms with Gasteiger partial charge in [0, 0.05) is 25.3 Å². The smallest absolute Gasteiger partial charge is 0.120 e. The van der Waals surface area contributed by atoms with Crippen LogP contribution in [0.5, 0.6) is 11.5 Å². The van der Waals surface area contributed by atoms with E-state index in [0.717, 1.165) is 5.56 Å². The molecule has 0 radical (unpaired) electrons. The Hall–Kier alpha value is -1.30. The van der Waals surface area contributed by atoms with E-state index in [0.29, 0.717) is 12.3 Å². The molecule has 5 nitrogen and oxygen atoms in total. The highest BCUT2D eigenvalue weighted by Crippen LogP contribution is 2.28. The van der Waals surface area contributed by atoms with Crippen LogP contribution in [-0.4, -0.2) is 43.7 Å². The Kier molecular flexibility index (Phi) is 5.91. The van der Waals surface area contributed by atoms with Crippen LogP contribution in [0.4, 0.5) is 0 Å². The van der Waals surface area contributed by atoms with Crippen molar-refractivity contribution in [2.24, 2.45) is 0 Å². The molecular formula is C13H21NO4. The predicted octanol–water partition coefficient (Wildman–Crippen LogP) is 1.06. The van der Waals surface area contributed by atoms with Gasteiger partial charge in [0.05, 0.1) is 19.8 Å². The monoisotopic (exact) mass is 255 g/mol. The van der Waals surface area contributed by atoms with Crippen molar-refractivity contribution in [1.82, 2.24) is 5.32 Å². The van der Waals surface area contributed by atoms with Gasteiger partial charge in [-0.3, -0.25) is 0 Å². The Bertz CT molecular complexity index is 370. The van der Waals surface area contributed by atoms with E-state index in [4.69, 9.17) is 9.47 Å². The lowest BCUT2D eigenvalue weighted by Gasteiger charge is -2.18. The molecule has 0 aliphatic heterocycles. The Morgan fingerprint density at radius 3 is 2.67 bits per heavy atom. The number of ether oxygens (including phenoxy) is 2. The van der Waals surface area contributed by atoms with Gasteiger partial charge >= 0.3 is 0 Å². The number of aliphatic hydroxyl groups excluding tert-OH is 1. The lowest BCUT2D eigenvalue weighted by molar-refractivity contribution is 0.0630. The average molecular weight is 255 g/mol. The molecule has 0 amide bonds. The fourth-order valence-electron chi connectivity index (χ4n) is 1.68. The second-order valence-electron chi connectivity index (χ2n) is 4.16. The number of nitrogens with one attached hydrogen (secondary N) is 1. The number of benzene rings is 1. The Morgan fingerprint density at radius 2 is 2.06 bits per heavy atom. The zero-order valence-electron chi connectivity index (χ0n) is 11.0. The molecule has 0 bridgehead atoms. The van der Waals surface area contributed by atoms with Crippen molar-refractivity contribution >= 4 is 0 Å². The van der Waals surface area contributed by atoms with E-state index >= 15 is 0 Å². The molecule has 0 aromatic heterocycles. The molecule has 1 aromatic rings. The number of rotatable bonds is 7. The van der Waals surface area contributed by atoms with Crippen LogP contribution in [0.3, 0.4) is 0 Å². The minimum atomic E-state index is -0.565. The van der Waals surface area contributed by atoms with Crippen LogP contribution in [0, 0.1) is 0 Å². The molecule has 0 heterocycles. The van der Waals surface area contributed by atoms with E-state index in [2.05, 4.69) is 5.32 Å². The molecule has 2 unspecified atom stereocenters. The lowest BCUT2D eigenvalue weighted by atomic mass is 10.1. The first-order chi connectivity index (χ1) is 8.58. The molecule has 0 spiro atoms. The summed E-state index contributed by atoms with van der Waals surface area (Å²) in [6.45, 7) is 2.59. The summed E-state index contributed by atoms with van der Waals surface area (Å²) in [4.78, 5) is 0. The van der Waals surface area contributed by atoms with Gasteiger partial charge in [0.15, 0.2) is 0 Å². The maximum Gasteiger partial charge on any atom is 0.120 e. The van der Waals surface area contributed by atoms with Crippen molar-refractivity contribution in [3.05, 3.63) is 23.8 Å². The van der Waals surface area contributed by atoms with Gasteiger partial charge < -0.3 is 25.0 Å². The molecular weight excluding hydrogens is 234 g/mol. The Morgan fingerprint density at radius 1 is 1.33 bits per heavy atom. The maximum atomic E-state index is 9.79. The largest absolute Gasteiger partial charge is 0.508 e. The molecule has 0 aliphatic rings. The molecule has 0 saturated carbocycles. The minimum Gasteiger partial charge on any atom is -0.508 e. The molecule has 1 aromatic carbocycles. The number of phenolic OH excluding ortho intramolecular Hbond substituents is 1. The van der Waals surface area contributed by atoms with Gasteiger partial charge in [-0.1, -0.05) is 0 Å². The van der Waals surface area contributed by atoms with Crippen LogP contribution < -0.4 is 10.1 Å². The van der Waals surface area contributed by atoms with Gasteiger partial charge in [-0.05, 0) is 25.1 Å². The highest BCUT2D eigenvalue weighted by Gasteiger charge is 2.13. The highest BCUT2D eigenvalue weighted by molar-refractivity contribution is 5.41. The number of hydrogen-bond donors (Lipinski definition) is 3. The summed E-state index contributed by atoms with van der Waals surface area (Å²) in [6, 6.07) is 4.98. The predicted molar refractivity (Wildman–Crippen MR) is 69.0 cm³/mol. The molecule has 5 heteroatoms. The molecule has 3 N–H and O–H groups in total. The molecule has 1 rings (SSSR count). The van der Waals surface area contributed by atoms with Crippen molar-refractivity contribution < 1.29 is 19.7 Å². The summed E-state index contributed by atoms with van der Waals surface area (Å²) < 4.78 is 9.96. The molecule has 0 aliphatic carbocycles. The second-order valence-corrected chi connectivity index (χ2v) is 4.16. The van der Waals surface area contributed by atoms with Crippen molar-refractivity contribution in [3.8, 4) is 11.5 Å². The van der Waals surface area contributed by atoms with Gasteiger partial charge in [0.1, 0.15) is 11.5 Å². The normalized spacial score (nSPS) is 14.2. The third-order valence-corrected chi connectivity index (χ3v) is 2.72.